The Labute approximate surface area is 227 Å². The molecule has 210 valence electrons. The van der Waals surface area contributed by atoms with Crippen LogP contribution in [-0.4, -0.2) is 97.2 Å². The molecule has 0 radical (unpaired) electrons. The first kappa shape index (κ1) is 29.2. The quantitative estimate of drug-likeness (QED) is 0.408. The Kier molecular flexibility index (Phi) is 10.8. The van der Waals surface area contributed by atoms with Crippen LogP contribution in [0.2, 0.25) is 5.02 Å². The molecular weight excluding hydrogens is 516 g/mol. The third-order valence-corrected chi connectivity index (χ3v) is 7.39. The summed E-state index contributed by atoms with van der Waals surface area (Å²) in [5.74, 6) is 0.792. The summed E-state index contributed by atoms with van der Waals surface area (Å²) in [7, 11) is 1.72. The maximum Gasteiger partial charge on any atom is 0.124 e. The van der Waals surface area contributed by atoms with E-state index in [1.807, 2.05) is 30.3 Å². The van der Waals surface area contributed by atoms with Gasteiger partial charge in [0.05, 0.1) is 32.5 Å². The summed E-state index contributed by atoms with van der Waals surface area (Å²) < 4.78 is 26.9. The summed E-state index contributed by atoms with van der Waals surface area (Å²) in [5, 5.41) is 40.5. The minimum absolute atomic E-state index is 0.0931. The predicted octanol–water partition coefficient (Wildman–Crippen LogP) is 2.04. The fourth-order valence-electron chi connectivity index (χ4n) is 4.69. The second-order valence-corrected chi connectivity index (χ2v) is 10.2. The maximum atomic E-state index is 10.4. The molecule has 0 bridgehead atoms. The molecule has 0 spiro atoms. The molecular formula is C28H37ClO9. The second-order valence-electron chi connectivity index (χ2n) is 9.75. The van der Waals surface area contributed by atoms with E-state index in [0.29, 0.717) is 29.7 Å². The van der Waals surface area contributed by atoms with Crippen molar-refractivity contribution in [2.45, 2.75) is 62.0 Å². The topological polar surface area (TPSA) is 127 Å². The molecule has 0 saturated carbocycles. The van der Waals surface area contributed by atoms with E-state index in [-0.39, 0.29) is 6.10 Å². The highest BCUT2D eigenvalue weighted by atomic mass is 35.5. The Bertz CT molecular complexity index is 990. The molecule has 5 rings (SSSR count). The first-order chi connectivity index (χ1) is 18.4. The lowest BCUT2D eigenvalue weighted by molar-refractivity contribution is -0.231. The van der Waals surface area contributed by atoms with Gasteiger partial charge in [-0.1, -0.05) is 35.9 Å². The molecule has 3 unspecified atom stereocenters. The number of benzene rings is 2. The molecule has 0 aromatic heterocycles. The van der Waals surface area contributed by atoms with Crippen LogP contribution in [-0.2, 0) is 25.4 Å². The molecule has 3 heterocycles. The highest BCUT2D eigenvalue weighted by Crippen LogP contribution is 2.34. The monoisotopic (exact) mass is 552 g/mol. The summed E-state index contributed by atoms with van der Waals surface area (Å²) in [6, 6.07) is 13.0. The minimum Gasteiger partial charge on any atom is -0.488 e. The van der Waals surface area contributed by atoms with E-state index >= 15 is 0 Å². The van der Waals surface area contributed by atoms with Crippen LogP contribution < -0.4 is 4.74 Å². The van der Waals surface area contributed by atoms with Gasteiger partial charge in [0.25, 0.3) is 0 Å². The molecule has 2 aromatic carbocycles. The number of hydrogen-bond donors (Lipinski definition) is 4. The van der Waals surface area contributed by atoms with Crippen LogP contribution in [0.4, 0.5) is 0 Å². The van der Waals surface area contributed by atoms with E-state index < -0.39 is 37.1 Å². The molecule has 0 amide bonds. The Morgan fingerprint density at radius 2 is 1.58 bits per heavy atom. The van der Waals surface area contributed by atoms with E-state index in [9.17, 15) is 20.4 Å². The zero-order valence-corrected chi connectivity index (χ0v) is 22.2. The van der Waals surface area contributed by atoms with Crippen molar-refractivity contribution in [3.8, 4) is 5.75 Å². The molecule has 3 fully saturated rings. The van der Waals surface area contributed by atoms with Crippen molar-refractivity contribution in [3.63, 3.8) is 0 Å². The highest BCUT2D eigenvalue weighted by molar-refractivity contribution is 6.31. The van der Waals surface area contributed by atoms with Crippen molar-refractivity contribution in [3.05, 3.63) is 64.2 Å². The number of halogens is 1. The minimum atomic E-state index is -1.42. The van der Waals surface area contributed by atoms with Crippen molar-refractivity contribution < 1.29 is 44.1 Å². The number of aliphatic hydroxyl groups is 4. The lowest BCUT2D eigenvalue weighted by Crippen LogP contribution is -2.55. The summed E-state index contributed by atoms with van der Waals surface area (Å²) in [6.45, 7) is 2.53. The van der Waals surface area contributed by atoms with Crippen molar-refractivity contribution in [1.29, 1.82) is 0 Å². The molecule has 38 heavy (non-hydrogen) atoms. The fraction of sp³-hybridized carbons (Fsp3) is 0.571. The van der Waals surface area contributed by atoms with Crippen molar-refractivity contribution in [2.24, 2.45) is 0 Å². The van der Waals surface area contributed by atoms with Crippen LogP contribution in [0.25, 0.3) is 0 Å². The first-order valence-electron chi connectivity index (χ1n) is 12.9. The van der Waals surface area contributed by atoms with Crippen LogP contribution >= 0.6 is 11.6 Å². The van der Waals surface area contributed by atoms with E-state index in [2.05, 4.69) is 0 Å². The lowest BCUT2D eigenvalue weighted by Gasteiger charge is -2.40. The summed E-state index contributed by atoms with van der Waals surface area (Å²) in [5.41, 5.74) is 2.47. The van der Waals surface area contributed by atoms with E-state index in [4.69, 9.17) is 35.3 Å². The zero-order chi connectivity index (χ0) is 27.1. The SMILES string of the molecule is COC1CCOC1.OC[C@H]1OC(c2ccc(Cl)c(Cc3ccc(OC4CCOC4)cc3)c2)[C@H](O)[C@@H](O)[C@@H]1O. The number of ether oxygens (including phenoxy) is 5. The average Bonchev–Trinajstić information content (AvgIpc) is 3.65. The van der Waals surface area contributed by atoms with E-state index in [1.165, 1.54) is 0 Å². The van der Waals surface area contributed by atoms with Gasteiger partial charge in [-0.05, 0) is 47.7 Å². The Morgan fingerprint density at radius 1 is 0.895 bits per heavy atom. The van der Waals surface area contributed by atoms with Gasteiger partial charge in [-0.25, -0.2) is 0 Å². The molecule has 10 heteroatoms. The molecule has 2 aromatic rings. The average molecular weight is 553 g/mol. The second kappa shape index (κ2) is 14.0. The van der Waals surface area contributed by atoms with E-state index in [1.54, 1.807) is 19.2 Å². The van der Waals surface area contributed by atoms with Crippen LogP contribution in [0.1, 0.15) is 35.6 Å². The number of methoxy groups -OCH3 is 1. The molecule has 9 nitrogen and oxygen atoms in total. The Balaban J connectivity index is 0.000000417. The van der Waals surface area contributed by atoms with Gasteiger partial charge in [0.2, 0.25) is 0 Å². The van der Waals surface area contributed by atoms with Gasteiger partial charge >= 0.3 is 0 Å². The van der Waals surface area contributed by atoms with Crippen molar-refractivity contribution >= 4 is 11.6 Å². The molecule has 3 saturated heterocycles. The normalized spacial score (nSPS) is 31.1. The van der Waals surface area contributed by atoms with Gasteiger partial charge in [-0.2, -0.15) is 0 Å². The smallest absolute Gasteiger partial charge is 0.124 e. The van der Waals surface area contributed by atoms with Gasteiger partial charge in [-0.15, -0.1) is 0 Å². The van der Waals surface area contributed by atoms with E-state index in [0.717, 1.165) is 49.5 Å². The largest absolute Gasteiger partial charge is 0.488 e. The summed E-state index contributed by atoms with van der Waals surface area (Å²) in [6.07, 6.45) is -3.02. The van der Waals surface area contributed by atoms with Gasteiger partial charge in [0.15, 0.2) is 0 Å². The third kappa shape index (κ3) is 7.44. The summed E-state index contributed by atoms with van der Waals surface area (Å²) >= 11 is 6.40. The predicted molar refractivity (Wildman–Crippen MR) is 140 cm³/mol. The highest BCUT2D eigenvalue weighted by Gasteiger charge is 2.44. The maximum absolute atomic E-state index is 10.4. The number of aliphatic hydroxyl groups excluding tert-OH is 4. The molecule has 4 N–H and O–H groups in total. The fourth-order valence-corrected chi connectivity index (χ4v) is 4.87. The zero-order valence-electron chi connectivity index (χ0n) is 21.4. The Hall–Kier alpha value is -1.79. The van der Waals surface area contributed by atoms with Crippen LogP contribution in [0.15, 0.2) is 42.5 Å². The van der Waals surface area contributed by atoms with Crippen molar-refractivity contribution in [2.75, 3.05) is 40.1 Å². The standard InChI is InChI=1S/C23H27ClO7.C5H10O2/c24-18-6-3-14(23-22(28)21(27)20(26)19(11-25)31-23)10-15(18)9-13-1-4-16(5-2-13)30-17-7-8-29-12-17;1-6-5-2-3-7-4-5/h1-6,10,17,19-23,25-28H,7-9,11-12H2;5H,2-4H2,1H3/t17?,19-,20-,21+,22-,23?;/m1./s1. The van der Waals surface area contributed by atoms with Crippen LogP contribution in [0, 0.1) is 0 Å². The molecule has 7 atom stereocenters. The molecule has 3 aliphatic rings. The van der Waals surface area contributed by atoms with Gasteiger partial charge in [0.1, 0.15) is 42.4 Å². The lowest BCUT2D eigenvalue weighted by atomic mass is 9.90. The molecule has 0 aliphatic carbocycles. The number of hydrogen-bond acceptors (Lipinski definition) is 9. The Morgan fingerprint density at radius 3 is 2.16 bits per heavy atom. The molecule has 3 aliphatic heterocycles. The van der Waals surface area contributed by atoms with Crippen LogP contribution in [0.3, 0.4) is 0 Å². The van der Waals surface area contributed by atoms with Gasteiger partial charge < -0.3 is 44.1 Å². The number of rotatable bonds is 7. The van der Waals surface area contributed by atoms with Gasteiger partial charge in [-0.3, -0.25) is 0 Å². The summed E-state index contributed by atoms with van der Waals surface area (Å²) in [4.78, 5) is 0. The first-order valence-corrected chi connectivity index (χ1v) is 13.3. The third-order valence-electron chi connectivity index (χ3n) is 7.02. The van der Waals surface area contributed by atoms with Crippen LogP contribution in [0.5, 0.6) is 5.75 Å². The van der Waals surface area contributed by atoms with Gasteiger partial charge in [0, 0.05) is 25.2 Å². The van der Waals surface area contributed by atoms with Crippen molar-refractivity contribution in [1.82, 2.24) is 0 Å².